The highest BCUT2D eigenvalue weighted by Gasteiger charge is 2.17. The zero-order valence-electron chi connectivity index (χ0n) is 15.4. The summed E-state index contributed by atoms with van der Waals surface area (Å²) in [7, 11) is 0. The fourth-order valence-corrected chi connectivity index (χ4v) is 2.64. The first-order valence-electron chi connectivity index (χ1n) is 9.09. The van der Waals surface area contributed by atoms with Crippen molar-refractivity contribution < 1.29 is 19.0 Å². The molecule has 0 bridgehead atoms. The van der Waals surface area contributed by atoms with Crippen molar-refractivity contribution in [1.82, 2.24) is 5.32 Å². The third-order valence-corrected chi connectivity index (χ3v) is 3.92. The van der Waals surface area contributed by atoms with Gasteiger partial charge >= 0.3 is 0 Å². The van der Waals surface area contributed by atoms with Crippen molar-refractivity contribution in [3.05, 3.63) is 29.3 Å². The van der Waals surface area contributed by atoms with Crippen LogP contribution in [0, 0.1) is 11.3 Å². The van der Waals surface area contributed by atoms with Crippen LogP contribution in [0.3, 0.4) is 0 Å². The SMILES string of the molecule is CCCOc1ccc(C=C(C#N)C(=O)NCC2CCCO2)cc1OCC. The van der Waals surface area contributed by atoms with E-state index in [1.54, 1.807) is 24.3 Å². The highest BCUT2D eigenvalue weighted by Crippen LogP contribution is 2.29. The molecule has 1 atom stereocenters. The zero-order valence-corrected chi connectivity index (χ0v) is 15.4. The lowest BCUT2D eigenvalue weighted by Gasteiger charge is -2.12. The second-order valence-electron chi connectivity index (χ2n) is 6.00. The summed E-state index contributed by atoms with van der Waals surface area (Å²) in [5, 5.41) is 12.1. The van der Waals surface area contributed by atoms with E-state index in [0.29, 0.717) is 36.8 Å². The molecule has 1 N–H and O–H groups in total. The van der Waals surface area contributed by atoms with Crippen LogP contribution < -0.4 is 14.8 Å². The first-order valence-corrected chi connectivity index (χ1v) is 9.09. The third kappa shape index (κ3) is 5.78. The van der Waals surface area contributed by atoms with Crippen molar-refractivity contribution in [2.24, 2.45) is 0 Å². The molecule has 1 aliphatic heterocycles. The Morgan fingerprint density at radius 3 is 2.88 bits per heavy atom. The molecular formula is C20H26N2O4. The summed E-state index contributed by atoms with van der Waals surface area (Å²) < 4.78 is 16.8. The molecule has 0 aliphatic carbocycles. The van der Waals surface area contributed by atoms with Gasteiger partial charge in [-0.1, -0.05) is 13.0 Å². The monoisotopic (exact) mass is 358 g/mol. The van der Waals surface area contributed by atoms with Gasteiger partial charge in [0.15, 0.2) is 11.5 Å². The molecule has 1 aromatic carbocycles. The Hall–Kier alpha value is -2.52. The summed E-state index contributed by atoms with van der Waals surface area (Å²) in [5.74, 6) is 0.867. The van der Waals surface area contributed by atoms with Crippen molar-refractivity contribution in [3.8, 4) is 17.6 Å². The van der Waals surface area contributed by atoms with Gasteiger partial charge in [-0.3, -0.25) is 4.79 Å². The summed E-state index contributed by atoms with van der Waals surface area (Å²) in [6.07, 6.45) is 4.43. The summed E-state index contributed by atoms with van der Waals surface area (Å²) in [6, 6.07) is 7.34. The Balaban J connectivity index is 2.09. The third-order valence-electron chi connectivity index (χ3n) is 3.92. The standard InChI is InChI=1S/C20H26N2O4/c1-3-9-26-18-8-7-15(12-19(18)24-4-2)11-16(13-21)20(23)22-14-17-6-5-10-25-17/h7-8,11-12,17H,3-6,9-10,14H2,1-2H3,(H,22,23). The highest BCUT2D eigenvalue weighted by atomic mass is 16.5. The minimum atomic E-state index is -0.396. The van der Waals surface area contributed by atoms with E-state index < -0.39 is 5.91 Å². The first-order chi connectivity index (χ1) is 12.7. The number of nitriles is 1. The maximum absolute atomic E-state index is 12.2. The first kappa shape index (κ1) is 19.8. The number of carbonyl (C=O) groups is 1. The lowest BCUT2D eigenvalue weighted by atomic mass is 10.1. The quantitative estimate of drug-likeness (QED) is 0.542. The van der Waals surface area contributed by atoms with E-state index >= 15 is 0 Å². The number of rotatable bonds is 9. The lowest BCUT2D eigenvalue weighted by molar-refractivity contribution is -0.117. The summed E-state index contributed by atoms with van der Waals surface area (Å²) in [4.78, 5) is 12.2. The number of hydrogen-bond acceptors (Lipinski definition) is 5. The van der Waals surface area contributed by atoms with Crippen molar-refractivity contribution >= 4 is 12.0 Å². The van der Waals surface area contributed by atoms with Crippen LogP contribution >= 0.6 is 0 Å². The molecule has 1 aromatic rings. The minimum Gasteiger partial charge on any atom is -0.490 e. The van der Waals surface area contributed by atoms with E-state index in [1.165, 1.54) is 0 Å². The van der Waals surface area contributed by atoms with Crippen LogP contribution in [0.25, 0.3) is 6.08 Å². The van der Waals surface area contributed by atoms with Gasteiger partial charge < -0.3 is 19.5 Å². The van der Waals surface area contributed by atoms with Crippen LogP contribution in [0.1, 0.15) is 38.7 Å². The van der Waals surface area contributed by atoms with E-state index in [4.69, 9.17) is 14.2 Å². The average Bonchev–Trinajstić information content (AvgIpc) is 3.17. The van der Waals surface area contributed by atoms with Gasteiger partial charge in [0.05, 0.1) is 19.3 Å². The van der Waals surface area contributed by atoms with Crippen molar-refractivity contribution in [3.63, 3.8) is 0 Å². The average molecular weight is 358 g/mol. The van der Waals surface area contributed by atoms with Gasteiger partial charge in [-0.2, -0.15) is 5.26 Å². The second-order valence-corrected chi connectivity index (χ2v) is 6.00. The predicted octanol–water partition coefficient (Wildman–Crippen LogP) is 3.08. The van der Waals surface area contributed by atoms with Crippen molar-refractivity contribution in [2.75, 3.05) is 26.4 Å². The molecule has 6 nitrogen and oxygen atoms in total. The van der Waals surface area contributed by atoms with Crippen LogP contribution in [-0.2, 0) is 9.53 Å². The lowest BCUT2D eigenvalue weighted by Crippen LogP contribution is -2.32. The number of benzene rings is 1. The van der Waals surface area contributed by atoms with Gasteiger partial charge in [0, 0.05) is 13.2 Å². The fourth-order valence-electron chi connectivity index (χ4n) is 2.64. The van der Waals surface area contributed by atoms with Crippen LogP contribution in [0.15, 0.2) is 23.8 Å². The molecule has 1 heterocycles. The molecule has 0 aromatic heterocycles. The fraction of sp³-hybridized carbons (Fsp3) is 0.500. The van der Waals surface area contributed by atoms with Crippen LogP contribution in [0.4, 0.5) is 0 Å². The summed E-state index contributed by atoms with van der Waals surface area (Å²) in [5.41, 5.74) is 0.758. The Morgan fingerprint density at radius 1 is 1.38 bits per heavy atom. The molecule has 0 spiro atoms. The maximum Gasteiger partial charge on any atom is 0.262 e. The molecule has 1 unspecified atom stereocenters. The molecule has 0 radical (unpaired) electrons. The van der Waals surface area contributed by atoms with Gasteiger partial charge in [0.25, 0.3) is 5.91 Å². The molecule has 1 aliphatic rings. The number of nitrogens with one attached hydrogen (secondary N) is 1. The highest BCUT2D eigenvalue weighted by molar-refractivity contribution is 6.01. The smallest absolute Gasteiger partial charge is 0.262 e. The number of ether oxygens (including phenoxy) is 3. The minimum absolute atomic E-state index is 0.0402. The maximum atomic E-state index is 12.2. The van der Waals surface area contributed by atoms with Gasteiger partial charge in [-0.25, -0.2) is 0 Å². The molecule has 6 heteroatoms. The molecule has 1 fully saturated rings. The van der Waals surface area contributed by atoms with Crippen LogP contribution in [-0.4, -0.2) is 38.4 Å². The van der Waals surface area contributed by atoms with E-state index in [-0.39, 0.29) is 11.7 Å². The Morgan fingerprint density at radius 2 is 2.23 bits per heavy atom. The van der Waals surface area contributed by atoms with Crippen LogP contribution in [0.2, 0.25) is 0 Å². The van der Waals surface area contributed by atoms with E-state index in [0.717, 1.165) is 25.9 Å². The Kier molecular flexibility index (Phi) is 7.97. The van der Waals surface area contributed by atoms with Crippen molar-refractivity contribution in [1.29, 1.82) is 5.26 Å². The Labute approximate surface area is 154 Å². The second kappa shape index (κ2) is 10.5. The molecule has 1 amide bonds. The van der Waals surface area contributed by atoms with Crippen molar-refractivity contribution in [2.45, 2.75) is 39.2 Å². The van der Waals surface area contributed by atoms with E-state index in [2.05, 4.69) is 5.32 Å². The topological polar surface area (TPSA) is 80.6 Å². The normalized spacial score (nSPS) is 16.8. The zero-order chi connectivity index (χ0) is 18.8. The number of carbonyl (C=O) groups excluding carboxylic acids is 1. The van der Waals surface area contributed by atoms with Gasteiger partial charge in [-0.15, -0.1) is 0 Å². The predicted molar refractivity (Wildman–Crippen MR) is 99.0 cm³/mol. The van der Waals surface area contributed by atoms with Crippen LogP contribution in [0.5, 0.6) is 11.5 Å². The largest absolute Gasteiger partial charge is 0.490 e. The molecule has 2 rings (SSSR count). The number of amides is 1. The molecular weight excluding hydrogens is 332 g/mol. The molecule has 0 saturated carbocycles. The van der Waals surface area contributed by atoms with E-state index in [1.807, 2.05) is 19.9 Å². The molecule has 140 valence electrons. The summed E-state index contributed by atoms with van der Waals surface area (Å²) >= 11 is 0. The van der Waals surface area contributed by atoms with Gasteiger partial charge in [0.2, 0.25) is 0 Å². The van der Waals surface area contributed by atoms with Gasteiger partial charge in [-0.05, 0) is 50.0 Å². The summed E-state index contributed by atoms with van der Waals surface area (Å²) in [6.45, 7) is 6.18. The molecule has 26 heavy (non-hydrogen) atoms. The van der Waals surface area contributed by atoms with E-state index in [9.17, 15) is 10.1 Å². The molecule has 1 saturated heterocycles. The number of nitrogens with zero attached hydrogens (tertiary/aromatic N) is 1. The van der Waals surface area contributed by atoms with Gasteiger partial charge in [0.1, 0.15) is 11.6 Å². The Bertz CT molecular complexity index is 673. The number of hydrogen-bond donors (Lipinski definition) is 1.